The number of hydrogen-bond acceptors (Lipinski definition) is 4. The lowest BCUT2D eigenvalue weighted by Gasteiger charge is -2.14. The first-order valence-corrected chi connectivity index (χ1v) is 6.68. The van der Waals surface area contributed by atoms with Crippen LogP contribution < -0.4 is 5.32 Å². The Hall–Kier alpha value is -0.680. The zero-order valence-corrected chi connectivity index (χ0v) is 11.5. The van der Waals surface area contributed by atoms with E-state index < -0.39 is 0 Å². The minimum atomic E-state index is 0.118. The minimum Gasteiger partial charge on any atom is -0.311 e. The highest BCUT2D eigenvalue weighted by atomic mass is 35.5. The summed E-state index contributed by atoms with van der Waals surface area (Å²) in [6, 6.07) is 5.65. The van der Waals surface area contributed by atoms with Crippen molar-refractivity contribution in [3.05, 3.63) is 44.9 Å². The number of likely N-dealkylation sites (N-methyl/N-ethyl adjacent to an activating group) is 1. The highest BCUT2D eigenvalue weighted by Gasteiger charge is 2.14. The van der Waals surface area contributed by atoms with Gasteiger partial charge in [-0.1, -0.05) is 33.8 Å². The van der Waals surface area contributed by atoms with Crippen LogP contribution in [0.4, 0.5) is 0 Å². The SMILES string of the molecule is CNC(Cc1ccc(Cl)cc1Cl)c1csnn1. The Morgan fingerprint density at radius 3 is 2.82 bits per heavy atom. The molecule has 2 aromatic rings. The van der Waals surface area contributed by atoms with Gasteiger partial charge in [-0.25, -0.2) is 0 Å². The molecule has 3 nitrogen and oxygen atoms in total. The molecule has 0 spiro atoms. The predicted octanol–water partition coefficient (Wildman–Crippen LogP) is 3.35. The molecule has 0 fully saturated rings. The van der Waals surface area contributed by atoms with Gasteiger partial charge in [0.15, 0.2) is 0 Å². The van der Waals surface area contributed by atoms with Gasteiger partial charge in [-0.2, -0.15) is 0 Å². The van der Waals surface area contributed by atoms with E-state index in [4.69, 9.17) is 23.2 Å². The van der Waals surface area contributed by atoms with Crippen LogP contribution in [0.2, 0.25) is 10.0 Å². The molecule has 0 saturated heterocycles. The Balaban J connectivity index is 2.19. The fraction of sp³-hybridized carbons (Fsp3) is 0.273. The zero-order valence-electron chi connectivity index (χ0n) is 9.15. The van der Waals surface area contributed by atoms with E-state index >= 15 is 0 Å². The van der Waals surface area contributed by atoms with E-state index in [0.717, 1.165) is 17.7 Å². The molecule has 0 amide bonds. The molecule has 0 saturated carbocycles. The van der Waals surface area contributed by atoms with Gasteiger partial charge in [-0.05, 0) is 42.7 Å². The van der Waals surface area contributed by atoms with Crippen molar-refractivity contribution in [3.8, 4) is 0 Å². The Labute approximate surface area is 114 Å². The average Bonchev–Trinajstić information content (AvgIpc) is 2.81. The molecule has 6 heteroatoms. The summed E-state index contributed by atoms with van der Waals surface area (Å²) in [5, 5.41) is 10.5. The molecular formula is C11H11Cl2N3S. The molecule has 1 N–H and O–H groups in total. The summed E-state index contributed by atoms with van der Waals surface area (Å²) in [4.78, 5) is 0. The molecule has 1 atom stereocenters. The van der Waals surface area contributed by atoms with E-state index in [2.05, 4.69) is 14.9 Å². The van der Waals surface area contributed by atoms with Crippen molar-refractivity contribution < 1.29 is 0 Å². The van der Waals surface area contributed by atoms with Crippen LogP contribution in [0, 0.1) is 0 Å². The quantitative estimate of drug-likeness (QED) is 0.937. The first kappa shape index (κ1) is 12.8. The Morgan fingerprint density at radius 2 is 2.24 bits per heavy atom. The maximum atomic E-state index is 6.15. The summed E-state index contributed by atoms with van der Waals surface area (Å²) in [7, 11) is 1.90. The van der Waals surface area contributed by atoms with Crippen LogP contribution in [-0.4, -0.2) is 16.6 Å². The number of halogens is 2. The number of aromatic nitrogens is 2. The summed E-state index contributed by atoms with van der Waals surface area (Å²) in [5.41, 5.74) is 1.98. The van der Waals surface area contributed by atoms with E-state index in [-0.39, 0.29) is 6.04 Å². The number of hydrogen-bond donors (Lipinski definition) is 1. The van der Waals surface area contributed by atoms with E-state index in [1.54, 1.807) is 6.07 Å². The second-order valence-electron chi connectivity index (χ2n) is 3.61. The van der Waals surface area contributed by atoms with Crippen LogP contribution in [0.3, 0.4) is 0 Å². The molecule has 0 bridgehead atoms. The number of nitrogens with one attached hydrogen (secondary N) is 1. The lowest BCUT2D eigenvalue weighted by Crippen LogP contribution is -2.19. The molecule has 2 rings (SSSR count). The predicted molar refractivity (Wildman–Crippen MR) is 71.9 cm³/mol. The van der Waals surface area contributed by atoms with Crippen LogP contribution in [-0.2, 0) is 6.42 Å². The standard InChI is InChI=1S/C11H11Cl2N3S/c1-14-10(11-6-17-16-15-11)4-7-2-3-8(12)5-9(7)13/h2-3,5-6,10,14H,4H2,1H3. The van der Waals surface area contributed by atoms with Gasteiger partial charge in [0.2, 0.25) is 0 Å². The summed E-state index contributed by atoms with van der Waals surface area (Å²) in [6.07, 6.45) is 0.762. The first-order chi connectivity index (χ1) is 8.20. The van der Waals surface area contributed by atoms with Crippen LogP contribution in [0.5, 0.6) is 0 Å². The highest BCUT2D eigenvalue weighted by molar-refractivity contribution is 7.03. The molecule has 1 heterocycles. The van der Waals surface area contributed by atoms with Gasteiger partial charge in [0.05, 0.1) is 11.7 Å². The number of rotatable bonds is 4. The average molecular weight is 288 g/mol. The third-order valence-electron chi connectivity index (χ3n) is 2.52. The number of nitrogens with zero attached hydrogens (tertiary/aromatic N) is 2. The lowest BCUT2D eigenvalue weighted by atomic mass is 10.0. The Bertz CT molecular complexity index is 487. The van der Waals surface area contributed by atoms with E-state index in [0.29, 0.717) is 10.0 Å². The summed E-state index contributed by atoms with van der Waals surface area (Å²) in [5.74, 6) is 0. The number of benzene rings is 1. The summed E-state index contributed by atoms with van der Waals surface area (Å²) < 4.78 is 3.87. The molecule has 1 aromatic heterocycles. The molecule has 0 radical (unpaired) electrons. The van der Waals surface area contributed by atoms with Crippen LogP contribution in [0.15, 0.2) is 23.6 Å². The summed E-state index contributed by atoms with van der Waals surface area (Å²) >= 11 is 13.4. The van der Waals surface area contributed by atoms with Gasteiger partial charge >= 0.3 is 0 Å². The molecular weight excluding hydrogens is 277 g/mol. The zero-order chi connectivity index (χ0) is 12.3. The van der Waals surface area contributed by atoms with Gasteiger partial charge < -0.3 is 5.32 Å². The first-order valence-electron chi connectivity index (χ1n) is 5.09. The van der Waals surface area contributed by atoms with E-state index in [9.17, 15) is 0 Å². The van der Waals surface area contributed by atoms with Crippen LogP contribution >= 0.6 is 34.7 Å². The molecule has 1 aromatic carbocycles. The molecule has 17 heavy (non-hydrogen) atoms. The Morgan fingerprint density at radius 1 is 1.41 bits per heavy atom. The molecule has 0 aliphatic heterocycles. The van der Waals surface area contributed by atoms with Crippen molar-refractivity contribution in [3.63, 3.8) is 0 Å². The lowest BCUT2D eigenvalue weighted by molar-refractivity contribution is 0.574. The van der Waals surface area contributed by atoms with Gasteiger partial charge in [-0.3, -0.25) is 0 Å². The van der Waals surface area contributed by atoms with Crippen molar-refractivity contribution >= 4 is 34.7 Å². The van der Waals surface area contributed by atoms with Gasteiger partial charge in [0, 0.05) is 15.4 Å². The van der Waals surface area contributed by atoms with Crippen molar-refractivity contribution in [1.29, 1.82) is 0 Å². The molecule has 1 unspecified atom stereocenters. The maximum Gasteiger partial charge on any atom is 0.0928 e. The topological polar surface area (TPSA) is 37.8 Å². The largest absolute Gasteiger partial charge is 0.311 e. The molecule has 0 aliphatic carbocycles. The maximum absolute atomic E-state index is 6.15. The third-order valence-corrected chi connectivity index (χ3v) is 3.63. The normalized spacial score (nSPS) is 12.6. The van der Waals surface area contributed by atoms with Gasteiger partial charge in [-0.15, -0.1) is 5.10 Å². The molecule has 90 valence electrons. The minimum absolute atomic E-state index is 0.118. The van der Waals surface area contributed by atoms with Gasteiger partial charge in [0.1, 0.15) is 0 Å². The summed E-state index contributed by atoms with van der Waals surface area (Å²) in [6.45, 7) is 0. The molecule has 0 aliphatic rings. The Kier molecular flexibility index (Phi) is 4.34. The van der Waals surface area contributed by atoms with Crippen molar-refractivity contribution in [2.45, 2.75) is 12.5 Å². The second kappa shape index (κ2) is 5.78. The van der Waals surface area contributed by atoms with Crippen molar-refractivity contribution in [2.75, 3.05) is 7.05 Å². The monoisotopic (exact) mass is 287 g/mol. The van der Waals surface area contributed by atoms with Crippen LogP contribution in [0.25, 0.3) is 0 Å². The third kappa shape index (κ3) is 3.16. The van der Waals surface area contributed by atoms with E-state index in [1.807, 2.05) is 24.6 Å². The van der Waals surface area contributed by atoms with Crippen molar-refractivity contribution in [1.82, 2.24) is 14.9 Å². The van der Waals surface area contributed by atoms with Gasteiger partial charge in [0.25, 0.3) is 0 Å². The smallest absolute Gasteiger partial charge is 0.0928 e. The fourth-order valence-corrected chi connectivity index (χ4v) is 2.58. The van der Waals surface area contributed by atoms with E-state index in [1.165, 1.54) is 11.5 Å². The fourth-order valence-electron chi connectivity index (χ4n) is 1.59. The second-order valence-corrected chi connectivity index (χ2v) is 5.06. The van der Waals surface area contributed by atoms with Crippen molar-refractivity contribution in [2.24, 2.45) is 0 Å². The van der Waals surface area contributed by atoms with Crippen LogP contribution in [0.1, 0.15) is 17.3 Å². The highest BCUT2D eigenvalue weighted by Crippen LogP contribution is 2.25.